The summed E-state index contributed by atoms with van der Waals surface area (Å²) in [4.78, 5) is 21.1. The van der Waals surface area contributed by atoms with Crippen molar-refractivity contribution in [1.29, 1.82) is 0 Å². The first-order valence-corrected chi connectivity index (χ1v) is 4.53. The van der Waals surface area contributed by atoms with E-state index in [-0.39, 0.29) is 12.2 Å². The number of hydrogen-bond donors (Lipinski definition) is 2. The normalized spacial score (nSPS) is 9.79. The van der Waals surface area contributed by atoms with Gasteiger partial charge in [0.15, 0.2) is 0 Å². The van der Waals surface area contributed by atoms with Crippen LogP contribution in [0.4, 0.5) is 0 Å². The summed E-state index contributed by atoms with van der Waals surface area (Å²) >= 11 is 3.15. The van der Waals surface area contributed by atoms with Crippen molar-refractivity contribution in [3.8, 4) is 5.75 Å². The molecule has 0 heterocycles. The van der Waals surface area contributed by atoms with Gasteiger partial charge in [-0.05, 0) is 18.2 Å². The van der Waals surface area contributed by atoms with Gasteiger partial charge in [-0.15, -0.1) is 0 Å². The Kier molecular flexibility index (Phi) is 3.24. The van der Waals surface area contributed by atoms with Gasteiger partial charge in [0.1, 0.15) is 5.75 Å². The van der Waals surface area contributed by atoms with E-state index >= 15 is 0 Å². The summed E-state index contributed by atoms with van der Waals surface area (Å²) in [6, 6.07) is 4.51. The molecule has 74 valence electrons. The summed E-state index contributed by atoms with van der Waals surface area (Å²) in [6.45, 7) is 0. The summed E-state index contributed by atoms with van der Waals surface area (Å²) < 4.78 is 0.684. The Bertz CT molecular complexity index is 386. The smallest absolute Gasteiger partial charge is 0.372 e. The maximum atomic E-state index is 10.8. The molecular weight excluding hydrogens is 252 g/mol. The number of aromatic hydroxyl groups is 1. The zero-order valence-electron chi connectivity index (χ0n) is 7.03. The highest BCUT2D eigenvalue weighted by atomic mass is 79.9. The van der Waals surface area contributed by atoms with E-state index in [9.17, 15) is 14.7 Å². The van der Waals surface area contributed by atoms with Gasteiger partial charge in [0.05, 0.1) is 0 Å². The molecule has 2 N–H and O–H groups in total. The van der Waals surface area contributed by atoms with E-state index in [0.29, 0.717) is 10.0 Å². The van der Waals surface area contributed by atoms with Crippen LogP contribution in [0.1, 0.15) is 5.56 Å². The number of ketones is 1. The predicted octanol–water partition coefficient (Wildman–Crippen LogP) is 1.35. The molecule has 0 fully saturated rings. The van der Waals surface area contributed by atoms with Gasteiger partial charge in [0, 0.05) is 16.5 Å². The van der Waals surface area contributed by atoms with Crippen LogP contribution in [0.15, 0.2) is 22.7 Å². The molecular formula is C9H7BrO4. The van der Waals surface area contributed by atoms with E-state index < -0.39 is 11.8 Å². The molecule has 0 saturated heterocycles. The lowest BCUT2D eigenvalue weighted by Gasteiger charge is -2.02. The molecule has 14 heavy (non-hydrogen) atoms. The molecule has 0 aromatic heterocycles. The first-order chi connectivity index (χ1) is 6.50. The molecule has 1 aromatic carbocycles. The van der Waals surface area contributed by atoms with Crippen molar-refractivity contribution in [1.82, 2.24) is 0 Å². The van der Waals surface area contributed by atoms with Gasteiger partial charge in [-0.25, -0.2) is 4.79 Å². The van der Waals surface area contributed by atoms with E-state index in [2.05, 4.69) is 15.9 Å². The Morgan fingerprint density at radius 2 is 2.00 bits per heavy atom. The topological polar surface area (TPSA) is 74.6 Å². The number of hydrogen-bond acceptors (Lipinski definition) is 3. The van der Waals surface area contributed by atoms with Gasteiger partial charge in [-0.1, -0.05) is 15.9 Å². The van der Waals surface area contributed by atoms with E-state index in [1.165, 1.54) is 12.1 Å². The Balaban J connectivity index is 2.91. The summed E-state index contributed by atoms with van der Waals surface area (Å²) in [6.07, 6.45) is -0.305. The average molecular weight is 259 g/mol. The number of rotatable bonds is 3. The largest absolute Gasteiger partial charge is 0.508 e. The number of halogens is 1. The molecule has 0 unspecified atom stereocenters. The molecule has 0 aliphatic heterocycles. The molecule has 1 aromatic rings. The first-order valence-electron chi connectivity index (χ1n) is 3.74. The third-order valence-electron chi connectivity index (χ3n) is 1.63. The number of aliphatic carboxylic acids is 1. The average Bonchev–Trinajstić information content (AvgIpc) is 2.11. The first kappa shape index (κ1) is 10.7. The van der Waals surface area contributed by atoms with Gasteiger partial charge >= 0.3 is 5.97 Å². The van der Waals surface area contributed by atoms with E-state index in [4.69, 9.17) is 5.11 Å². The van der Waals surface area contributed by atoms with Crippen molar-refractivity contribution >= 4 is 27.7 Å². The van der Waals surface area contributed by atoms with Crippen LogP contribution in [0, 0.1) is 0 Å². The highest BCUT2D eigenvalue weighted by Crippen LogP contribution is 2.22. The molecule has 0 atom stereocenters. The Labute approximate surface area is 88.3 Å². The number of carboxylic acid groups (broad SMARTS) is 1. The fourth-order valence-corrected chi connectivity index (χ4v) is 1.35. The second-order valence-electron chi connectivity index (χ2n) is 2.68. The third-order valence-corrected chi connectivity index (χ3v) is 2.12. The lowest BCUT2D eigenvalue weighted by Crippen LogP contribution is -2.15. The molecule has 0 aliphatic carbocycles. The van der Waals surface area contributed by atoms with Crippen LogP contribution in [0.2, 0.25) is 0 Å². The van der Waals surface area contributed by atoms with Crippen LogP contribution < -0.4 is 0 Å². The number of carbonyl (C=O) groups excluding carboxylic acids is 1. The number of Topliss-reactive ketones (excluding diaryl/α,β-unsaturated/α-hetero) is 1. The molecule has 4 nitrogen and oxygen atoms in total. The van der Waals surface area contributed by atoms with Crippen molar-refractivity contribution in [2.45, 2.75) is 6.42 Å². The molecule has 0 spiro atoms. The second kappa shape index (κ2) is 4.23. The summed E-state index contributed by atoms with van der Waals surface area (Å²) in [7, 11) is 0. The molecule has 5 heteroatoms. The molecule has 0 bridgehead atoms. The zero-order chi connectivity index (χ0) is 10.7. The maximum Gasteiger partial charge on any atom is 0.372 e. The minimum atomic E-state index is -1.50. The van der Waals surface area contributed by atoms with Gasteiger partial charge in [0.2, 0.25) is 5.78 Å². The third kappa shape index (κ3) is 2.56. The van der Waals surface area contributed by atoms with Gasteiger partial charge < -0.3 is 10.2 Å². The zero-order valence-corrected chi connectivity index (χ0v) is 8.61. The van der Waals surface area contributed by atoms with E-state index in [1.807, 2.05) is 0 Å². The van der Waals surface area contributed by atoms with Crippen LogP contribution in [-0.2, 0) is 16.0 Å². The molecule has 0 aliphatic rings. The number of benzene rings is 1. The Hall–Kier alpha value is -1.36. The minimum Gasteiger partial charge on any atom is -0.508 e. The lowest BCUT2D eigenvalue weighted by atomic mass is 10.1. The fraction of sp³-hybridized carbons (Fsp3) is 0.111. The SMILES string of the molecule is O=C(O)C(=O)Cc1cc(Br)ccc1O. The van der Waals surface area contributed by atoms with E-state index in [1.54, 1.807) is 6.07 Å². The summed E-state index contributed by atoms with van der Waals surface area (Å²) in [5.41, 5.74) is 0.298. The van der Waals surface area contributed by atoms with Crippen molar-refractivity contribution in [3.63, 3.8) is 0 Å². The van der Waals surface area contributed by atoms with Crippen LogP contribution in [0.25, 0.3) is 0 Å². The van der Waals surface area contributed by atoms with Gasteiger partial charge in [-0.2, -0.15) is 0 Å². The Morgan fingerprint density at radius 1 is 1.36 bits per heavy atom. The van der Waals surface area contributed by atoms with Crippen LogP contribution in [0.3, 0.4) is 0 Å². The standard InChI is InChI=1S/C9H7BrO4/c10-6-1-2-7(11)5(3-6)4-8(12)9(13)14/h1-3,11H,4H2,(H,13,14). The fourth-order valence-electron chi connectivity index (χ4n) is 0.944. The molecule has 1 rings (SSSR count). The number of carboxylic acids is 1. The number of phenols is 1. The lowest BCUT2D eigenvalue weighted by molar-refractivity contribution is -0.148. The monoisotopic (exact) mass is 258 g/mol. The minimum absolute atomic E-state index is 0.0807. The van der Waals surface area contributed by atoms with Crippen molar-refractivity contribution in [2.75, 3.05) is 0 Å². The molecule has 0 radical (unpaired) electrons. The van der Waals surface area contributed by atoms with Crippen molar-refractivity contribution in [3.05, 3.63) is 28.2 Å². The van der Waals surface area contributed by atoms with Crippen molar-refractivity contribution < 1.29 is 19.8 Å². The number of phenolic OH excluding ortho intramolecular Hbond substituents is 1. The van der Waals surface area contributed by atoms with Crippen LogP contribution in [-0.4, -0.2) is 22.0 Å². The highest BCUT2D eigenvalue weighted by molar-refractivity contribution is 9.10. The van der Waals surface area contributed by atoms with Crippen LogP contribution in [0.5, 0.6) is 5.75 Å². The maximum absolute atomic E-state index is 10.8. The van der Waals surface area contributed by atoms with Crippen molar-refractivity contribution in [2.24, 2.45) is 0 Å². The Morgan fingerprint density at radius 3 is 2.57 bits per heavy atom. The summed E-state index contributed by atoms with van der Waals surface area (Å²) in [5, 5.41) is 17.7. The van der Waals surface area contributed by atoms with Gasteiger partial charge in [-0.3, -0.25) is 4.79 Å². The summed E-state index contributed by atoms with van der Waals surface area (Å²) in [5.74, 6) is -2.52. The predicted molar refractivity (Wildman–Crippen MR) is 52.2 cm³/mol. The van der Waals surface area contributed by atoms with Crippen LogP contribution >= 0.6 is 15.9 Å². The molecule has 0 amide bonds. The number of carbonyl (C=O) groups is 2. The molecule has 0 saturated carbocycles. The van der Waals surface area contributed by atoms with E-state index in [0.717, 1.165) is 0 Å². The highest BCUT2D eigenvalue weighted by Gasteiger charge is 2.14. The second-order valence-corrected chi connectivity index (χ2v) is 3.59. The quantitative estimate of drug-likeness (QED) is 0.803. The van der Waals surface area contributed by atoms with Gasteiger partial charge in [0.25, 0.3) is 0 Å².